The number of benzene rings is 1. The Morgan fingerprint density at radius 2 is 2.21 bits per heavy atom. The van der Waals surface area contributed by atoms with Crippen LogP contribution in [0.5, 0.6) is 0 Å². The summed E-state index contributed by atoms with van der Waals surface area (Å²) in [6.07, 6.45) is 3.39. The van der Waals surface area contributed by atoms with Gasteiger partial charge in [-0.3, -0.25) is 4.79 Å². The molecule has 0 aliphatic carbocycles. The van der Waals surface area contributed by atoms with E-state index in [0.29, 0.717) is 0 Å². The van der Waals surface area contributed by atoms with Gasteiger partial charge in [-0.1, -0.05) is 17.7 Å². The summed E-state index contributed by atoms with van der Waals surface area (Å²) in [5.41, 5.74) is 1.88. The normalized spacial score (nSPS) is 23.4. The Morgan fingerprint density at radius 1 is 1.42 bits per heavy atom. The number of hydrogen-bond acceptors (Lipinski definition) is 2. The quantitative estimate of drug-likeness (QED) is 0.906. The van der Waals surface area contributed by atoms with Gasteiger partial charge in [-0.05, 0) is 52.3 Å². The SMILES string of the molecule is CNCC1(C)CCCCN1C(=O)c1cccc(C)c1. The molecule has 104 valence electrons. The largest absolute Gasteiger partial charge is 0.332 e. The highest BCUT2D eigenvalue weighted by Gasteiger charge is 2.37. The van der Waals surface area contributed by atoms with Crippen molar-refractivity contribution in [3.05, 3.63) is 35.4 Å². The summed E-state index contributed by atoms with van der Waals surface area (Å²) in [5, 5.41) is 3.23. The highest BCUT2D eigenvalue weighted by molar-refractivity contribution is 5.95. The van der Waals surface area contributed by atoms with Gasteiger partial charge in [0.1, 0.15) is 0 Å². The van der Waals surface area contributed by atoms with E-state index in [-0.39, 0.29) is 11.4 Å². The van der Waals surface area contributed by atoms with E-state index in [0.717, 1.165) is 37.1 Å². The number of likely N-dealkylation sites (N-methyl/N-ethyl adjacent to an activating group) is 1. The number of carbonyl (C=O) groups excluding carboxylic acids is 1. The van der Waals surface area contributed by atoms with Crippen molar-refractivity contribution in [1.82, 2.24) is 10.2 Å². The second-order valence-electron chi connectivity index (χ2n) is 5.81. The first-order valence-corrected chi connectivity index (χ1v) is 7.10. The molecule has 3 nitrogen and oxygen atoms in total. The molecule has 19 heavy (non-hydrogen) atoms. The minimum absolute atomic E-state index is 0.0617. The molecule has 1 unspecified atom stereocenters. The lowest BCUT2D eigenvalue weighted by Crippen LogP contribution is -2.57. The first kappa shape index (κ1) is 14.1. The molecule has 1 N–H and O–H groups in total. The highest BCUT2D eigenvalue weighted by atomic mass is 16.2. The van der Waals surface area contributed by atoms with E-state index in [2.05, 4.69) is 17.1 Å². The Balaban J connectivity index is 2.25. The number of hydrogen-bond donors (Lipinski definition) is 1. The molecule has 1 fully saturated rings. The number of aryl methyl sites for hydroxylation is 1. The van der Waals surface area contributed by atoms with Crippen LogP contribution in [0.1, 0.15) is 42.1 Å². The maximum absolute atomic E-state index is 12.7. The average Bonchev–Trinajstić information content (AvgIpc) is 2.38. The summed E-state index contributed by atoms with van der Waals surface area (Å²) in [5.74, 6) is 0.168. The van der Waals surface area contributed by atoms with Crippen LogP contribution in [0.15, 0.2) is 24.3 Å². The fourth-order valence-electron chi connectivity index (χ4n) is 3.03. The number of nitrogens with one attached hydrogen (secondary N) is 1. The van der Waals surface area contributed by atoms with E-state index in [1.807, 2.05) is 38.2 Å². The van der Waals surface area contributed by atoms with Gasteiger partial charge in [0, 0.05) is 18.7 Å². The minimum Gasteiger partial charge on any atom is -0.332 e. The minimum atomic E-state index is -0.0617. The average molecular weight is 260 g/mol. The van der Waals surface area contributed by atoms with Crippen molar-refractivity contribution >= 4 is 5.91 Å². The zero-order valence-corrected chi connectivity index (χ0v) is 12.2. The standard InChI is InChI=1S/C16H24N2O/c1-13-7-6-8-14(11-13)15(19)18-10-5-4-9-16(18,2)12-17-3/h6-8,11,17H,4-5,9-10,12H2,1-3H3. The topological polar surface area (TPSA) is 32.3 Å². The molecule has 0 radical (unpaired) electrons. The van der Waals surface area contributed by atoms with Gasteiger partial charge < -0.3 is 10.2 Å². The van der Waals surface area contributed by atoms with Gasteiger partial charge in [0.05, 0.1) is 5.54 Å². The molecular formula is C16H24N2O. The van der Waals surface area contributed by atoms with E-state index in [1.54, 1.807) is 0 Å². The predicted molar refractivity (Wildman–Crippen MR) is 78.4 cm³/mol. The highest BCUT2D eigenvalue weighted by Crippen LogP contribution is 2.29. The fourth-order valence-corrected chi connectivity index (χ4v) is 3.03. The molecule has 0 aromatic heterocycles. The van der Waals surface area contributed by atoms with Crippen LogP contribution in [0.2, 0.25) is 0 Å². The van der Waals surface area contributed by atoms with Crippen LogP contribution in [-0.4, -0.2) is 36.5 Å². The van der Waals surface area contributed by atoms with Gasteiger partial charge in [0.25, 0.3) is 5.91 Å². The van der Waals surface area contributed by atoms with Crippen LogP contribution in [0.4, 0.5) is 0 Å². The van der Waals surface area contributed by atoms with Gasteiger partial charge in [-0.25, -0.2) is 0 Å². The molecule has 3 heteroatoms. The Kier molecular flexibility index (Phi) is 4.25. The Morgan fingerprint density at radius 3 is 2.89 bits per heavy atom. The van der Waals surface area contributed by atoms with Crippen LogP contribution < -0.4 is 5.32 Å². The first-order chi connectivity index (χ1) is 9.07. The molecular weight excluding hydrogens is 236 g/mol. The van der Waals surface area contributed by atoms with Gasteiger partial charge in [0.15, 0.2) is 0 Å². The molecule has 1 atom stereocenters. The summed E-state index contributed by atoms with van der Waals surface area (Å²) >= 11 is 0. The summed E-state index contributed by atoms with van der Waals surface area (Å²) < 4.78 is 0. The van der Waals surface area contributed by atoms with E-state index in [9.17, 15) is 4.79 Å². The molecule has 0 spiro atoms. The number of piperidine rings is 1. The number of likely N-dealkylation sites (tertiary alicyclic amines) is 1. The van der Waals surface area contributed by atoms with Crippen molar-refractivity contribution in [3.8, 4) is 0 Å². The Bertz CT molecular complexity index is 454. The van der Waals surface area contributed by atoms with E-state index in [4.69, 9.17) is 0 Å². The second kappa shape index (κ2) is 5.74. The van der Waals surface area contributed by atoms with Crippen LogP contribution >= 0.6 is 0 Å². The number of carbonyl (C=O) groups is 1. The molecule has 1 heterocycles. The van der Waals surface area contributed by atoms with Crippen molar-refractivity contribution in [2.24, 2.45) is 0 Å². The van der Waals surface area contributed by atoms with Crippen molar-refractivity contribution in [2.75, 3.05) is 20.1 Å². The van der Waals surface area contributed by atoms with Gasteiger partial charge in [-0.15, -0.1) is 0 Å². The van der Waals surface area contributed by atoms with Crippen LogP contribution in [0, 0.1) is 6.92 Å². The Hall–Kier alpha value is -1.35. The van der Waals surface area contributed by atoms with Crippen molar-refractivity contribution in [3.63, 3.8) is 0 Å². The molecule has 2 rings (SSSR count). The lowest BCUT2D eigenvalue weighted by atomic mass is 9.87. The molecule has 0 bridgehead atoms. The molecule has 1 saturated heterocycles. The summed E-state index contributed by atoms with van der Waals surface area (Å²) in [4.78, 5) is 14.8. The van der Waals surface area contributed by atoms with Crippen LogP contribution in [-0.2, 0) is 0 Å². The molecule has 1 aliphatic rings. The molecule has 1 aromatic rings. The lowest BCUT2D eigenvalue weighted by Gasteiger charge is -2.45. The third kappa shape index (κ3) is 2.98. The van der Waals surface area contributed by atoms with E-state index in [1.165, 1.54) is 6.42 Å². The Labute approximate surface area is 116 Å². The smallest absolute Gasteiger partial charge is 0.254 e. The van der Waals surface area contributed by atoms with Gasteiger partial charge in [-0.2, -0.15) is 0 Å². The predicted octanol–water partition coefficient (Wildman–Crippen LogP) is 2.60. The molecule has 0 saturated carbocycles. The third-order valence-corrected chi connectivity index (χ3v) is 4.07. The monoisotopic (exact) mass is 260 g/mol. The number of rotatable bonds is 3. The molecule has 1 aliphatic heterocycles. The zero-order chi connectivity index (χ0) is 13.9. The van der Waals surface area contributed by atoms with Crippen molar-refractivity contribution in [1.29, 1.82) is 0 Å². The molecule has 1 amide bonds. The van der Waals surface area contributed by atoms with E-state index < -0.39 is 0 Å². The summed E-state index contributed by atoms with van der Waals surface area (Å²) in [6, 6.07) is 7.89. The van der Waals surface area contributed by atoms with Gasteiger partial charge in [0.2, 0.25) is 0 Å². The molecule has 1 aromatic carbocycles. The van der Waals surface area contributed by atoms with Crippen LogP contribution in [0.3, 0.4) is 0 Å². The van der Waals surface area contributed by atoms with E-state index >= 15 is 0 Å². The fraction of sp³-hybridized carbons (Fsp3) is 0.562. The first-order valence-electron chi connectivity index (χ1n) is 7.10. The summed E-state index contributed by atoms with van der Waals surface area (Å²) in [7, 11) is 1.95. The number of nitrogens with zero attached hydrogens (tertiary/aromatic N) is 1. The third-order valence-electron chi connectivity index (χ3n) is 4.07. The lowest BCUT2D eigenvalue weighted by molar-refractivity contribution is 0.0382. The van der Waals surface area contributed by atoms with Crippen molar-refractivity contribution in [2.45, 2.75) is 38.6 Å². The zero-order valence-electron chi connectivity index (χ0n) is 12.2. The maximum Gasteiger partial charge on any atom is 0.254 e. The number of amides is 1. The maximum atomic E-state index is 12.7. The second-order valence-corrected chi connectivity index (χ2v) is 5.81. The van der Waals surface area contributed by atoms with Gasteiger partial charge >= 0.3 is 0 Å². The van der Waals surface area contributed by atoms with Crippen LogP contribution in [0.25, 0.3) is 0 Å². The van der Waals surface area contributed by atoms with Crippen molar-refractivity contribution < 1.29 is 4.79 Å². The summed E-state index contributed by atoms with van der Waals surface area (Å²) in [6.45, 7) is 5.94.